The molecule has 0 atom stereocenters. The average molecular weight is 156 g/mol. The van der Waals surface area contributed by atoms with Gasteiger partial charge in [0.05, 0.1) is 0 Å². The summed E-state index contributed by atoms with van der Waals surface area (Å²) in [6, 6.07) is 0. The van der Waals surface area contributed by atoms with E-state index in [-0.39, 0.29) is 24.3 Å². The maximum absolute atomic E-state index is 10.9. The Labute approximate surface area is 65.7 Å². The molecule has 1 rings (SSSR count). The molecule has 0 amide bonds. The van der Waals surface area contributed by atoms with Gasteiger partial charge in [-0.2, -0.15) is 0 Å². The number of hydrogen-bond acceptors (Lipinski definition) is 3. The van der Waals surface area contributed by atoms with Crippen molar-refractivity contribution in [3.8, 4) is 0 Å². The van der Waals surface area contributed by atoms with E-state index in [1.165, 1.54) is 0 Å². The number of carbonyl (C=O) groups is 2. The number of ketones is 1. The van der Waals surface area contributed by atoms with Crippen LogP contribution in [0.4, 0.5) is 0 Å². The van der Waals surface area contributed by atoms with Gasteiger partial charge in [0.25, 0.3) is 0 Å². The third-order valence-electron chi connectivity index (χ3n) is 1.70. The third kappa shape index (κ3) is 2.70. The van der Waals surface area contributed by atoms with Crippen LogP contribution in [0.25, 0.3) is 0 Å². The Hall–Kier alpha value is -0.860. The van der Waals surface area contributed by atoms with Crippen LogP contribution in [0, 0.1) is 5.92 Å². The minimum Gasteiger partial charge on any atom is -0.458 e. The van der Waals surface area contributed by atoms with Crippen LogP contribution < -0.4 is 0 Å². The highest BCUT2D eigenvalue weighted by Crippen LogP contribution is 2.29. The predicted molar refractivity (Wildman–Crippen MR) is 39.0 cm³/mol. The summed E-state index contributed by atoms with van der Waals surface area (Å²) < 4.78 is 4.67. The Kier molecular flexibility index (Phi) is 2.63. The molecule has 1 aliphatic rings. The molecule has 0 bridgehead atoms. The van der Waals surface area contributed by atoms with Crippen LogP contribution >= 0.6 is 0 Å². The van der Waals surface area contributed by atoms with Crippen LogP contribution in [-0.4, -0.2) is 18.4 Å². The highest BCUT2D eigenvalue weighted by Gasteiger charge is 2.29. The second-order valence-electron chi connectivity index (χ2n) is 2.75. The highest BCUT2D eigenvalue weighted by molar-refractivity contribution is 5.86. The second-order valence-corrected chi connectivity index (χ2v) is 2.75. The maximum atomic E-state index is 10.9. The summed E-state index contributed by atoms with van der Waals surface area (Å²) >= 11 is 0. The lowest BCUT2D eigenvalue weighted by Gasteiger charge is -1.99. The van der Waals surface area contributed by atoms with Crippen molar-refractivity contribution in [3.05, 3.63) is 0 Å². The van der Waals surface area contributed by atoms with Gasteiger partial charge in [0.1, 0.15) is 6.61 Å². The fourth-order valence-electron chi connectivity index (χ4n) is 0.777. The average Bonchev–Trinajstić information content (AvgIpc) is 2.81. The van der Waals surface area contributed by atoms with E-state index in [0.29, 0.717) is 6.42 Å². The summed E-state index contributed by atoms with van der Waals surface area (Å²) in [5, 5.41) is 0. The first kappa shape index (κ1) is 8.24. The number of Topliss-reactive ketones (excluding diaryl/α,β-unsaturated/α-hetero) is 1. The predicted octanol–water partition coefficient (Wildman–Crippen LogP) is 0.919. The molecule has 0 radical (unpaired) electrons. The smallest absolute Gasteiger partial charge is 0.305 e. The van der Waals surface area contributed by atoms with E-state index in [1.54, 1.807) is 6.92 Å². The molecule has 0 aromatic carbocycles. The standard InChI is InChI=1S/C8H12O3/c1-2-8(10)11-5-7(9)6-3-4-6/h6H,2-5H2,1H3. The lowest BCUT2D eigenvalue weighted by Crippen LogP contribution is -2.14. The molecule has 1 saturated carbocycles. The zero-order valence-corrected chi connectivity index (χ0v) is 6.63. The Morgan fingerprint density at radius 2 is 2.09 bits per heavy atom. The molecule has 11 heavy (non-hydrogen) atoms. The topological polar surface area (TPSA) is 43.4 Å². The summed E-state index contributed by atoms with van der Waals surface area (Å²) in [5.74, 6) is -0.0227. The number of hydrogen-bond donors (Lipinski definition) is 0. The summed E-state index contributed by atoms with van der Waals surface area (Å²) in [5.41, 5.74) is 0. The van der Waals surface area contributed by atoms with Gasteiger partial charge >= 0.3 is 5.97 Å². The van der Waals surface area contributed by atoms with Crippen molar-refractivity contribution in [2.75, 3.05) is 6.61 Å². The van der Waals surface area contributed by atoms with Gasteiger partial charge in [-0.05, 0) is 12.8 Å². The molecule has 0 N–H and O–H groups in total. The van der Waals surface area contributed by atoms with Crippen LogP contribution in [0.5, 0.6) is 0 Å². The quantitative estimate of drug-likeness (QED) is 0.568. The van der Waals surface area contributed by atoms with E-state index < -0.39 is 0 Å². The molecule has 1 fully saturated rings. The largest absolute Gasteiger partial charge is 0.458 e. The van der Waals surface area contributed by atoms with E-state index in [1.807, 2.05) is 0 Å². The first-order chi connectivity index (χ1) is 5.24. The first-order valence-electron chi connectivity index (χ1n) is 3.92. The molecular weight excluding hydrogens is 144 g/mol. The lowest BCUT2D eigenvalue weighted by molar-refractivity contribution is -0.147. The summed E-state index contributed by atoms with van der Waals surface area (Å²) in [7, 11) is 0. The summed E-state index contributed by atoms with van der Waals surface area (Å²) in [4.78, 5) is 21.5. The minimum absolute atomic E-state index is 0.0165. The highest BCUT2D eigenvalue weighted by atomic mass is 16.5. The molecule has 62 valence electrons. The Bertz CT molecular complexity index is 170. The van der Waals surface area contributed by atoms with Crippen LogP contribution in [0.1, 0.15) is 26.2 Å². The van der Waals surface area contributed by atoms with Crippen molar-refractivity contribution in [1.82, 2.24) is 0 Å². The molecule has 0 spiro atoms. The van der Waals surface area contributed by atoms with Gasteiger partial charge in [0.15, 0.2) is 5.78 Å². The monoisotopic (exact) mass is 156 g/mol. The molecule has 0 heterocycles. The van der Waals surface area contributed by atoms with E-state index in [2.05, 4.69) is 4.74 Å². The number of carbonyl (C=O) groups excluding carboxylic acids is 2. The van der Waals surface area contributed by atoms with Crippen molar-refractivity contribution in [2.24, 2.45) is 5.92 Å². The summed E-state index contributed by atoms with van der Waals surface area (Å²) in [6.45, 7) is 1.70. The fourth-order valence-corrected chi connectivity index (χ4v) is 0.777. The fraction of sp³-hybridized carbons (Fsp3) is 0.750. The van der Waals surface area contributed by atoms with Crippen molar-refractivity contribution < 1.29 is 14.3 Å². The summed E-state index contributed by atoms with van der Waals surface area (Å²) in [6.07, 6.45) is 2.29. The molecule has 3 nitrogen and oxygen atoms in total. The normalized spacial score (nSPS) is 16.1. The maximum Gasteiger partial charge on any atom is 0.305 e. The van der Waals surface area contributed by atoms with Crippen molar-refractivity contribution in [1.29, 1.82) is 0 Å². The molecule has 1 aliphatic carbocycles. The van der Waals surface area contributed by atoms with Crippen LogP contribution in [0.3, 0.4) is 0 Å². The molecule has 0 unspecified atom stereocenters. The van der Waals surface area contributed by atoms with E-state index >= 15 is 0 Å². The number of esters is 1. The Balaban J connectivity index is 2.10. The third-order valence-corrected chi connectivity index (χ3v) is 1.70. The lowest BCUT2D eigenvalue weighted by atomic mass is 10.3. The zero-order valence-electron chi connectivity index (χ0n) is 6.63. The van der Waals surface area contributed by atoms with Crippen LogP contribution in [-0.2, 0) is 14.3 Å². The van der Waals surface area contributed by atoms with Crippen LogP contribution in [0.2, 0.25) is 0 Å². The Morgan fingerprint density at radius 1 is 1.45 bits per heavy atom. The molecule has 0 aliphatic heterocycles. The molecule has 0 aromatic heterocycles. The Morgan fingerprint density at radius 3 is 2.55 bits per heavy atom. The van der Waals surface area contributed by atoms with E-state index in [9.17, 15) is 9.59 Å². The second kappa shape index (κ2) is 3.51. The minimum atomic E-state index is -0.293. The van der Waals surface area contributed by atoms with Crippen LogP contribution in [0.15, 0.2) is 0 Å². The van der Waals surface area contributed by atoms with Crippen molar-refractivity contribution in [2.45, 2.75) is 26.2 Å². The SMILES string of the molecule is CCC(=O)OCC(=O)C1CC1. The molecule has 0 saturated heterocycles. The van der Waals surface area contributed by atoms with Gasteiger partial charge in [-0.1, -0.05) is 6.92 Å². The van der Waals surface area contributed by atoms with Gasteiger partial charge in [0, 0.05) is 12.3 Å². The van der Waals surface area contributed by atoms with Crippen molar-refractivity contribution in [3.63, 3.8) is 0 Å². The zero-order chi connectivity index (χ0) is 8.27. The van der Waals surface area contributed by atoms with Crippen molar-refractivity contribution >= 4 is 11.8 Å². The number of rotatable bonds is 4. The van der Waals surface area contributed by atoms with Gasteiger partial charge in [-0.15, -0.1) is 0 Å². The molecular formula is C8H12O3. The van der Waals surface area contributed by atoms with E-state index in [0.717, 1.165) is 12.8 Å². The van der Waals surface area contributed by atoms with E-state index in [4.69, 9.17) is 0 Å². The first-order valence-corrected chi connectivity index (χ1v) is 3.92. The van der Waals surface area contributed by atoms with Gasteiger partial charge in [-0.25, -0.2) is 0 Å². The number of ether oxygens (including phenoxy) is 1. The molecule has 3 heteroatoms. The molecule has 0 aromatic rings. The van der Waals surface area contributed by atoms with Gasteiger partial charge in [-0.3, -0.25) is 9.59 Å². The van der Waals surface area contributed by atoms with Gasteiger partial charge < -0.3 is 4.74 Å². The van der Waals surface area contributed by atoms with Gasteiger partial charge in [0.2, 0.25) is 0 Å².